The van der Waals surface area contributed by atoms with Crippen molar-refractivity contribution in [3.8, 4) is 17.2 Å². The van der Waals surface area contributed by atoms with Gasteiger partial charge in [-0.2, -0.15) is 0 Å². The Bertz CT molecular complexity index is 1100. The Balaban J connectivity index is 1.51. The number of amides is 3. The van der Waals surface area contributed by atoms with Crippen LogP contribution in [0.25, 0.3) is 0 Å². The first-order valence-electron chi connectivity index (χ1n) is 10.9. The van der Waals surface area contributed by atoms with Crippen LogP contribution in [0.1, 0.15) is 23.7 Å². The van der Waals surface area contributed by atoms with Crippen LogP contribution in [0.2, 0.25) is 0 Å². The Hall–Kier alpha value is -4.28. The average molecular weight is 485 g/mol. The smallest absolute Gasteiger partial charge is 0.311 e. The molecule has 0 saturated carbocycles. The highest BCUT2D eigenvalue weighted by Gasteiger charge is 2.36. The molecule has 0 aliphatic carbocycles. The van der Waals surface area contributed by atoms with Gasteiger partial charge in [-0.1, -0.05) is 12.1 Å². The van der Waals surface area contributed by atoms with E-state index in [2.05, 4.69) is 10.7 Å². The number of methoxy groups -OCH3 is 2. The number of hydrogen-bond acceptors (Lipinski definition) is 8. The lowest BCUT2D eigenvalue weighted by atomic mass is 10.1. The quantitative estimate of drug-likeness (QED) is 0.487. The third kappa shape index (κ3) is 6.40. The molecule has 0 spiro atoms. The standard InChI is InChI=1S/C24H27N3O8/c1-4-34-18-8-6-5-7-17(18)25-21(28)14-35-24(31)16-12-22(29)27(13-16)26-23(30)15-9-10-19(32-2)20(11-15)33-3/h5-11,16H,4,12-14H2,1-3H3,(H,25,28)(H,26,30)/t16-/m0/s1. The van der Waals surface area contributed by atoms with E-state index in [9.17, 15) is 19.2 Å². The van der Waals surface area contributed by atoms with Gasteiger partial charge in [0.2, 0.25) is 5.91 Å². The van der Waals surface area contributed by atoms with Crippen molar-refractivity contribution in [1.82, 2.24) is 10.4 Å². The maximum Gasteiger partial charge on any atom is 0.311 e. The monoisotopic (exact) mass is 485 g/mol. The topological polar surface area (TPSA) is 132 Å². The van der Waals surface area contributed by atoms with Crippen LogP contribution < -0.4 is 25.0 Å². The zero-order chi connectivity index (χ0) is 25.4. The van der Waals surface area contributed by atoms with Crippen molar-refractivity contribution < 1.29 is 38.1 Å². The lowest BCUT2D eigenvalue weighted by molar-refractivity contribution is -0.151. The summed E-state index contributed by atoms with van der Waals surface area (Å²) in [6.45, 7) is 1.65. The molecule has 11 heteroatoms. The van der Waals surface area contributed by atoms with Crippen LogP contribution in [0.4, 0.5) is 5.69 Å². The summed E-state index contributed by atoms with van der Waals surface area (Å²) in [5.41, 5.74) is 3.18. The Morgan fingerprint density at radius 3 is 2.49 bits per heavy atom. The maximum absolute atomic E-state index is 12.6. The molecule has 2 N–H and O–H groups in total. The van der Waals surface area contributed by atoms with E-state index in [0.29, 0.717) is 29.5 Å². The molecule has 1 saturated heterocycles. The van der Waals surface area contributed by atoms with Crippen molar-refractivity contribution in [2.24, 2.45) is 5.92 Å². The fraction of sp³-hybridized carbons (Fsp3) is 0.333. The van der Waals surface area contributed by atoms with E-state index in [4.69, 9.17) is 18.9 Å². The van der Waals surface area contributed by atoms with E-state index in [1.165, 1.54) is 26.4 Å². The van der Waals surface area contributed by atoms with Crippen molar-refractivity contribution in [3.63, 3.8) is 0 Å². The van der Waals surface area contributed by atoms with Crippen LogP contribution in [0.15, 0.2) is 42.5 Å². The molecule has 1 aliphatic heterocycles. The second-order valence-corrected chi connectivity index (χ2v) is 7.50. The second-order valence-electron chi connectivity index (χ2n) is 7.50. The van der Waals surface area contributed by atoms with Gasteiger partial charge in [-0.3, -0.25) is 29.6 Å². The summed E-state index contributed by atoms with van der Waals surface area (Å²) >= 11 is 0. The number of carbonyl (C=O) groups excluding carboxylic acids is 4. The van der Waals surface area contributed by atoms with E-state index in [0.717, 1.165) is 5.01 Å². The van der Waals surface area contributed by atoms with Crippen LogP contribution in [0.3, 0.4) is 0 Å². The van der Waals surface area contributed by atoms with Crippen molar-refractivity contribution in [2.75, 3.05) is 39.3 Å². The van der Waals surface area contributed by atoms with Crippen molar-refractivity contribution >= 4 is 29.4 Å². The number of rotatable bonds is 10. The van der Waals surface area contributed by atoms with Crippen LogP contribution in [-0.4, -0.2) is 62.7 Å². The normalized spacial score (nSPS) is 14.8. The van der Waals surface area contributed by atoms with Crippen LogP contribution in [0.5, 0.6) is 17.2 Å². The van der Waals surface area contributed by atoms with Gasteiger partial charge in [0, 0.05) is 12.0 Å². The van der Waals surface area contributed by atoms with E-state index in [1.807, 2.05) is 6.92 Å². The minimum absolute atomic E-state index is 0.0779. The highest BCUT2D eigenvalue weighted by atomic mass is 16.5. The van der Waals surface area contributed by atoms with Gasteiger partial charge in [-0.25, -0.2) is 0 Å². The zero-order valence-electron chi connectivity index (χ0n) is 19.7. The number of hydrogen-bond donors (Lipinski definition) is 2. The summed E-state index contributed by atoms with van der Waals surface area (Å²) in [6, 6.07) is 11.4. The predicted octanol–water partition coefficient (Wildman–Crippen LogP) is 1.78. The summed E-state index contributed by atoms with van der Waals surface area (Å²) in [6.07, 6.45) is -0.153. The Labute approximate surface area is 202 Å². The number of ether oxygens (including phenoxy) is 4. The summed E-state index contributed by atoms with van der Waals surface area (Å²) in [5.74, 6) is -1.78. The number of nitrogens with one attached hydrogen (secondary N) is 2. The molecule has 0 radical (unpaired) electrons. The fourth-order valence-corrected chi connectivity index (χ4v) is 3.43. The number of hydrazine groups is 1. The maximum atomic E-state index is 12.6. The molecule has 0 aromatic heterocycles. The SMILES string of the molecule is CCOc1ccccc1NC(=O)COC(=O)[C@H]1CC(=O)N(NC(=O)c2ccc(OC)c(OC)c2)C1. The third-order valence-electron chi connectivity index (χ3n) is 5.15. The molecule has 1 heterocycles. The van der Waals surface area contributed by atoms with E-state index in [-0.39, 0.29) is 18.5 Å². The zero-order valence-corrected chi connectivity index (χ0v) is 19.7. The second kappa shape index (κ2) is 11.7. The minimum atomic E-state index is -0.822. The van der Waals surface area contributed by atoms with Gasteiger partial charge in [0.05, 0.1) is 39.0 Å². The minimum Gasteiger partial charge on any atom is -0.493 e. The molecule has 1 fully saturated rings. The Kier molecular flexibility index (Phi) is 8.49. The number of benzene rings is 2. The van der Waals surface area contributed by atoms with E-state index >= 15 is 0 Å². The molecule has 35 heavy (non-hydrogen) atoms. The molecule has 1 atom stereocenters. The van der Waals surface area contributed by atoms with Gasteiger partial charge in [0.15, 0.2) is 18.1 Å². The highest BCUT2D eigenvalue weighted by Crippen LogP contribution is 2.28. The molecule has 1 aliphatic rings. The molecule has 3 amide bonds. The van der Waals surface area contributed by atoms with Gasteiger partial charge in [-0.05, 0) is 37.3 Å². The van der Waals surface area contributed by atoms with Crippen LogP contribution in [0, 0.1) is 5.92 Å². The highest BCUT2D eigenvalue weighted by molar-refractivity contribution is 5.97. The van der Waals surface area contributed by atoms with Crippen LogP contribution in [-0.2, 0) is 19.1 Å². The number of carbonyl (C=O) groups is 4. The molecule has 0 unspecified atom stereocenters. The number of nitrogens with zero attached hydrogens (tertiary/aromatic N) is 1. The van der Waals surface area contributed by atoms with Crippen LogP contribution >= 0.6 is 0 Å². The summed E-state index contributed by atoms with van der Waals surface area (Å²) in [5, 5.41) is 3.68. The lowest BCUT2D eigenvalue weighted by Crippen LogP contribution is -2.43. The number of para-hydroxylation sites is 2. The first kappa shape index (κ1) is 25.3. The van der Waals surface area contributed by atoms with Gasteiger partial charge in [0.25, 0.3) is 11.8 Å². The molecule has 2 aromatic carbocycles. The first-order chi connectivity index (χ1) is 16.9. The van der Waals surface area contributed by atoms with Crippen molar-refractivity contribution in [2.45, 2.75) is 13.3 Å². The summed E-state index contributed by atoms with van der Waals surface area (Å²) in [4.78, 5) is 49.5. The predicted molar refractivity (Wildman–Crippen MR) is 124 cm³/mol. The van der Waals surface area contributed by atoms with Gasteiger partial charge >= 0.3 is 5.97 Å². The molecule has 0 bridgehead atoms. The molecule has 3 rings (SSSR count). The van der Waals surface area contributed by atoms with Gasteiger partial charge in [-0.15, -0.1) is 0 Å². The molecular weight excluding hydrogens is 458 g/mol. The largest absolute Gasteiger partial charge is 0.493 e. The van der Waals surface area contributed by atoms with Crippen molar-refractivity contribution in [1.29, 1.82) is 0 Å². The molecule has 186 valence electrons. The summed E-state index contributed by atoms with van der Waals surface area (Å²) in [7, 11) is 2.92. The van der Waals surface area contributed by atoms with Gasteiger partial charge < -0.3 is 24.3 Å². The Morgan fingerprint density at radius 2 is 1.77 bits per heavy atom. The Morgan fingerprint density at radius 1 is 1.03 bits per heavy atom. The van der Waals surface area contributed by atoms with E-state index in [1.54, 1.807) is 30.3 Å². The van der Waals surface area contributed by atoms with Gasteiger partial charge in [0.1, 0.15) is 5.75 Å². The fourth-order valence-electron chi connectivity index (χ4n) is 3.43. The molecule has 2 aromatic rings. The van der Waals surface area contributed by atoms with Crippen molar-refractivity contribution in [3.05, 3.63) is 48.0 Å². The summed E-state index contributed by atoms with van der Waals surface area (Å²) < 4.78 is 20.9. The first-order valence-corrected chi connectivity index (χ1v) is 10.9. The molecular formula is C24H27N3O8. The number of esters is 1. The number of anilines is 1. The average Bonchev–Trinajstić information content (AvgIpc) is 3.23. The lowest BCUT2D eigenvalue weighted by Gasteiger charge is -2.18. The van der Waals surface area contributed by atoms with E-state index < -0.39 is 36.2 Å². The third-order valence-corrected chi connectivity index (χ3v) is 5.15. The molecule has 11 nitrogen and oxygen atoms in total.